The zero-order valence-electron chi connectivity index (χ0n) is 10.9. The van der Waals surface area contributed by atoms with Crippen LogP contribution in [0.25, 0.3) is 10.2 Å². The van der Waals surface area contributed by atoms with Crippen LogP contribution in [0, 0.1) is 0 Å². The van der Waals surface area contributed by atoms with E-state index in [1.807, 2.05) is 32.2 Å². The molecule has 19 heavy (non-hydrogen) atoms. The van der Waals surface area contributed by atoms with E-state index in [1.54, 1.807) is 10.8 Å². The van der Waals surface area contributed by atoms with Crippen molar-refractivity contribution >= 4 is 43.5 Å². The van der Waals surface area contributed by atoms with Crippen LogP contribution < -0.4 is 5.43 Å². The van der Waals surface area contributed by atoms with E-state index in [0.717, 1.165) is 5.52 Å². The fraction of sp³-hybridized carbons (Fsp3) is 0.385. The van der Waals surface area contributed by atoms with Gasteiger partial charge in [0.25, 0.3) is 0 Å². The number of pyridine rings is 1. The molecule has 0 bridgehead atoms. The molecule has 0 aliphatic heterocycles. The van der Waals surface area contributed by atoms with E-state index in [2.05, 4.69) is 15.9 Å². The Labute approximate surface area is 123 Å². The predicted molar refractivity (Wildman–Crippen MR) is 79.6 cm³/mol. The number of halogens is 1. The molecule has 0 spiro atoms. The lowest BCUT2D eigenvalue weighted by Crippen LogP contribution is -2.27. The highest BCUT2D eigenvalue weighted by atomic mass is 79.9. The van der Waals surface area contributed by atoms with Crippen molar-refractivity contribution in [1.82, 2.24) is 4.57 Å². The van der Waals surface area contributed by atoms with E-state index >= 15 is 0 Å². The molecule has 2 aromatic heterocycles. The molecular weight excluding hydrogens is 330 g/mol. The van der Waals surface area contributed by atoms with Crippen LogP contribution in [-0.4, -0.2) is 16.1 Å². The van der Waals surface area contributed by atoms with Crippen LogP contribution in [0.1, 0.15) is 20.8 Å². The summed E-state index contributed by atoms with van der Waals surface area (Å²) in [5, 5.41) is 1.84. The third-order valence-corrected chi connectivity index (χ3v) is 3.83. The maximum atomic E-state index is 11.9. The van der Waals surface area contributed by atoms with Gasteiger partial charge in [0.2, 0.25) is 5.43 Å². The van der Waals surface area contributed by atoms with Crippen LogP contribution in [0.15, 0.2) is 26.9 Å². The molecule has 4 nitrogen and oxygen atoms in total. The molecule has 0 aromatic carbocycles. The van der Waals surface area contributed by atoms with Crippen molar-refractivity contribution in [3.05, 3.63) is 32.3 Å². The van der Waals surface area contributed by atoms with Gasteiger partial charge in [-0.1, -0.05) is 0 Å². The summed E-state index contributed by atoms with van der Waals surface area (Å²) >= 11 is 4.59. The number of ether oxygens (including phenoxy) is 1. The van der Waals surface area contributed by atoms with E-state index in [0.29, 0.717) is 9.17 Å². The molecule has 0 aliphatic carbocycles. The number of esters is 1. The normalized spacial score (nSPS) is 11.8. The Morgan fingerprint density at radius 3 is 2.79 bits per heavy atom. The van der Waals surface area contributed by atoms with Gasteiger partial charge in [-0.25, -0.2) is 0 Å². The van der Waals surface area contributed by atoms with E-state index in [9.17, 15) is 9.59 Å². The Balaban J connectivity index is 2.36. The van der Waals surface area contributed by atoms with Crippen molar-refractivity contribution in [2.75, 3.05) is 0 Å². The highest BCUT2D eigenvalue weighted by molar-refractivity contribution is 9.10. The summed E-state index contributed by atoms with van der Waals surface area (Å²) in [6.45, 7) is 5.56. The van der Waals surface area contributed by atoms with Gasteiger partial charge in [0, 0.05) is 6.20 Å². The highest BCUT2D eigenvalue weighted by Crippen LogP contribution is 2.20. The Morgan fingerprint density at radius 2 is 2.16 bits per heavy atom. The van der Waals surface area contributed by atoms with Gasteiger partial charge in [0.1, 0.15) is 12.1 Å². The largest absolute Gasteiger partial charge is 0.459 e. The first-order chi connectivity index (χ1) is 8.78. The zero-order chi connectivity index (χ0) is 14.2. The molecule has 0 unspecified atom stereocenters. The summed E-state index contributed by atoms with van der Waals surface area (Å²) in [7, 11) is 0. The average molecular weight is 344 g/mol. The number of carbonyl (C=O) groups excluding carboxylic acids is 1. The van der Waals surface area contributed by atoms with Gasteiger partial charge in [-0.15, -0.1) is 11.3 Å². The average Bonchev–Trinajstić information content (AvgIpc) is 2.71. The molecule has 0 N–H and O–H groups in total. The molecule has 0 amide bonds. The van der Waals surface area contributed by atoms with Crippen molar-refractivity contribution in [2.24, 2.45) is 0 Å². The number of hydrogen-bond acceptors (Lipinski definition) is 4. The molecule has 0 radical (unpaired) electrons. The van der Waals surface area contributed by atoms with Crippen LogP contribution in [-0.2, 0) is 16.1 Å². The minimum absolute atomic E-state index is 0.0505. The van der Waals surface area contributed by atoms with Crippen LogP contribution in [0.3, 0.4) is 0 Å². The number of aromatic nitrogens is 1. The smallest absolute Gasteiger partial charge is 0.326 e. The summed E-state index contributed by atoms with van der Waals surface area (Å²) in [5.74, 6) is -0.324. The van der Waals surface area contributed by atoms with Crippen molar-refractivity contribution in [1.29, 1.82) is 0 Å². The minimum atomic E-state index is -0.513. The Hall–Kier alpha value is -1.14. The molecule has 0 aliphatic rings. The summed E-state index contributed by atoms with van der Waals surface area (Å²) in [6, 6.07) is 1.83. The van der Waals surface area contributed by atoms with Crippen LogP contribution >= 0.6 is 27.3 Å². The molecule has 0 fully saturated rings. The lowest BCUT2D eigenvalue weighted by molar-refractivity contribution is -0.155. The maximum absolute atomic E-state index is 11.9. The summed E-state index contributed by atoms with van der Waals surface area (Å²) < 4.78 is 8.10. The topological polar surface area (TPSA) is 48.3 Å². The van der Waals surface area contributed by atoms with Gasteiger partial charge < -0.3 is 9.30 Å². The Kier molecular flexibility index (Phi) is 3.82. The van der Waals surface area contributed by atoms with Gasteiger partial charge in [-0.05, 0) is 48.1 Å². The zero-order valence-corrected chi connectivity index (χ0v) is 13.3. The monoisotopic (exact) mass is 343 g/mol. The number of carbonyl (C=O) groups is 1. The first-order valence-electron chi connectivity index (χ1n) is 5.76. The lowest BCUT2D eigenvalue weighted by atomic mass is 10.2. The molecule has 2 rings (SSSR count). The van der Waals surface area contributed by atoms with Gasteiger partial charge in [-0.2, -0.15) is 0 Å². The first-order valence-corrected chi connectivity index (χ1v) is 7.43. The fourth-order valence-corrected chi connectivity index (χ4v) is 3.15. The Morgan fingerprint density at radius 1 is 1.47 bits per heavy atom. The van der Waals surface area contributed by atoms with Crippen molar-refractivity contribution in [3.8, 4) is 0 Å². The molecule has 0 atom stereocenters. The highest BCUT2D eigenvalue weighted by Gasteiger charge is 2.18. The maximum Gasteiger partial charge on any atom is 0.326 e. The standard InChI is InChI=1S/C13H14BrNO3S/c1-13(2,3)18-10(16)7-15-6-8(14)11(17)12-9(15)4-5-19-12/h4-6H,7H2,1-3H3. The number of hydrogen-bond donors (Lipinski definition) is 0. The van der Waals surface area contributed by atoms with E-state index in [1.165, 1.54) is 11.3 Å². The number of nitrogens with zero attached hydrogens (tertiary/aromatic N) is 1. The lowest BCUT2D eigenvalue weighted by Gasteiger charge is -2.20. The van der Waals surface area contributed by atoms with Crippen molar-refractivity contribution in [2.45, 2.75) is 32.9 Å². The molecule has 0 saturated carbocycles. The van der Waals surface area contributed by atoms with Crippen molar-refractivity contribution in [3.63, 3.8) is 0 Å². The Bertz CT molecular complexity index is 681. The predicted octanol–water partition coefficient (Wildman–Crippen LogP) is 3.17. The number of fused-ring (bicyclic) bond motifs is 1. The quantitative estimate of drug-likeness (QED) is 0.787. The van der Waals surface area contributed by atoms with Crippen LogP contribution in [0.5, 0.6) is 0 Å². The van der Waals surface area contributed by atoms with E-state index < -0.39 is 5.60 Å². The molecule has 2 aromatic rings. The van der Waals surface area contributed by atoms with E-state index in [4.69, 9.17) is 4.74 Å². The second-order valence-electron chi connectivity index (χ2n) is 5.16. The van der Waals surface area contributed by atoms with Crippen LogP contribution in [0.4, 0.5) is 0 Å². The molecule has 6 heteroatoms. The molecule has 102 valence electrons. The summed E-state index contributed by atoms with van der Waals surface area (Å²) in [5.41, 5.74) is 0.190. The third kappa shape index (κ3) is 3.25. The van der Waals surface area contributed by atoms with Gasteiger partial charge in [0.05, 0.1) is 14.7 Å². The van der Waals surface area contributed by atoms with E-state index in [-0.39, 0.29) is 17.9 Å². The van der Waals surface area contributed by atoms with Crippen LogP contribution in [0.2, 0.25) is 0 Å². The number of rotatable bonds is 2. The molecule has 2 heterocycles. The fourth-order valence-electron chi connectivity index (χ4n) is 1.72. The molecule has 0 saturated heterocycles. The van der Waals surface area contributed by atoms with Crippen molar-refractivity contribution < 1.29 is 9.53 Å². The first kappa shape index (κ1) is 14.3. The second kappa shape index (κ2) is 5.09. The van der Waals surface area contributed by atoms with Gasteiger partial charge in [0.15, 0.2) is 0 Å². The summed E-state index contributed by atoms with van der Waals surface area (Å²) in [6.07, 6.45) is 1.63. The third-order valence-electron chi connectivity index (χ3n) is 2.37. The van der Waals surface area contributed by atoms with Gasteiger partial charge in [-0.3, -0.25) is 9.59 Å². The second-order valence-corrected chi connectivity index (χ2v) is 6.93. The minimum Gasteiger partial charge on any atom is -0.459 e. The SMILES string of the molecule is CC(C)(C)OC(=O)Cn1cc(Br)c(=O)c2sccc21. The number of thiophene rings is 1. The van der Waals surface area contributed by atoms with Gasteiger partial charge >= 0.3 is 5.97 Å². The molecular formula is C13H14BrNO3S. The summed E-state index contributed by atoms with van der Waals surface area (Å²) in [4.78, 5) is 23.7.